The SMILES string of the molecule is CN(C(=O)Cn1c(C2CCCCC2)nc2ccccc21)[C@@H]1COC[C@H]1O. The van der Waals surface area contributed by atoms with Gasteiger partial charge in [0.05, 0.1) is 36.4 Å². The van der Waals surface area contributed by atoms with E-state index in [0.717, 1.165) is 29.7 Å². The van der Waals surface area contributed by atoms with Crippen molar-refractivity contribution in [1.29, 1.82) is 0 Å². The molecule has 0 radical (unpaired) electrons. The van der Waals surface area contributed by atoms with Gasteiger partial charge in [0.2, 0.25) is 5.91 Å². The monoisotopic (exact) mass is 357 g/mol. The maximum Gasteiger partial charge on any atom is 0.242 e. The van der Waals surface area contributed by atoms with E-state index in [4.69, 9.17) is 9.72 Å². The molecule has 2 heterocycles. The van der Waals surface area contributed by atoms with Crippen LogP contribution in [0.4, 0.5) is 0 Å². The number of para-hydroxylation sites is 2. The van der Waals surface area contributed by atoms with Crippen molar-refractivity contribution in [3.05, 3.63) is 30.1 Å². The van der Waals surface area contributed by atoms with Crippen LogP contribution in [0.25, 0.3) is 11.0 Å². The topological polar surface area (TPSA) is 67.6 Å². The fraction of sp³-hybridized carbons (Fsp3) is 0.600. The van der Waals surface area contributed by atoms with Crippen LogP contribution in [0.3, 0.4) is 0 Å². The molecule has 6 heteroatoms. The summed E-state index contributed by atoms with van der Waals surface area (Å²) < 4.78 is 7.39. The standard InChI is InChI=1S/C20H27N3O3/c1-22(17-12-26-13-18(17)24)19(25)11-23-16-10-6-5-9-15(16)21-20(23)14-7-3-2-4-8-14/h5-6,9-10,14,17-18,24H,2-4,7-8,11-13H2,1H3/t17-,18-/m1/s1. The molecule has 2 atom stereocenters. The van der Waals surface area contributed by atoms with E-state index in [-0.39, 0.29) is 18.5 Å². The molecule has 2 aromatic rings. The van der Waals surface area contributed by atoms with Crippen molar-refractivity contribution < 1.29 is 14.6 Å². The summed E-state index contributed by atoms with van der Waals surface area (Å²) in [6, 6.07) is 7.77. The van der Waals surface area contributed by atoms with Crippen LogP contribution in [0.15, 0.2) is 24.3 Å². The lowest BCUT2D eigenvalue weighted by Crippen LogP contribution is -2.45. The van der Waals surface area contributed by atoms with Gasteiger partial charge >= 0.3 is 0 Å². The predicted molar refractivity (Wildman–Crippen MR) is 98.9 cm³/mol. The van der Waals surface area contributed by atoms with E-state index in [1.54, 1.807) is 11.9 Å². The minimum Gasteiger partial charge on any atom is -0.388 e. The quantitative estimate of drug-likeness (QED) is 0.912. The minimum atomic E-state index is -0.610. The zero-order chi connectivity index (χ0) is 18.1. The van der Waals surface area contributed by atoms with Gasteiger partial charge in [-0.3, -0.25) is 4.79 Å². The minimum absolute atomic E-state index is 0.0141. The molecule has 2 aliphatic rings. The Morgan fingerprint density at radius 1 is 1.27 bits per heavy atom. The van der Waals surface area contributed by atoms with Crippen LogP contribution in [-0.4, -0.2) is 57.9 Å². The highest BCUT2D eigenvalue weighted by atomic mass is 16.5. The number of aliphatic hydroxyl groups is 1. The normalized spacial score (nSPS) is 24.2. The molecule has 1 aromatic carbocycles. The van der Waals surface area contributed by atoms with Crippen LogP contribution in [0, 0.1) is 0 Å². The highest BCUT2D eigenvalue weighted by molar-refractivity contribution is 5.81. The molecule has 1 saturated carbocycles. The first-order valence-corrected chi connectivity index (χ1v) is 9.62. The van der Waals surface area contributed by atoms with Crippen LogP contribution in [0.5, 0.6) is 0 Å². The van der Waals surface area contributed by atoms with Crippen molar-refractivity contribution in [3.63, 3.8) is 0 Å². The lowest BCUT2D eigenvalue weighted by Gasteiger charge is -2.27. The first-order chi connectivity index (χ1) is 12.6. The van der Waals surface area contributed by atoms with E-state index >= 15 is 0 Å². The fourth-order valence-electron chi connectivity index (χ4n) is 4.27. The largest absolute Gasteiger partial charge is 0.388 e. The van der Waals surface area contributed by atoms with Gasteiger partial charge < -0.3 is 19.3 Å². The van der Waals surface area contributed by atoms with Gasteiger partial charge in [-0.2, -0.15) is 0 Å². The van der Waals surface area contributed by atoms with Crippen LogP contribution in [0.2, 0.25) is 0 Å². The van der Waals surface area contributed by atoms with Crippen LogP contribution >= 0.6 is 0 Å². The zero-order valence-electron chi connectivity index (χ0n) is 15.3. The Balaban J connectivity index is 1.63. The Bertz CT molecular complexity index is 782. The number of amides is 1. The number of fused-ring (bicyclic) bond motifs is 1. The van der Waals surface area contributed by atoms with Gasteiger partial charge in [0.25, 0.3) is 0 Å². The third-order valence-electron chi connectivity index (χ3n) is 5.86. The fourth-order valence-corrected chi connectivity index (χ4v) is 4.27. The van der Waals surface area contributed by atoms with Gasteiger partial charge in [-0.05, 0) is 25.0 Å². The average molecular weight is 357 g/mol. The molecule has 2 fully saturated rings. The smallest absolute Gasteiger partial charge is 0.242 e. The van der Waals surface area contributed by atoms with Gasteiger partial charge in [-0.1, -0.05) is 31.4 Å². The van der Waals surface area contributed by atoms with Crippen LogP contribution in [-0.2, 0) is 16.1 Å². The summed E-state index contributed by atoms with van der Waals surface area (Å²) in [5.41, 5.74) is 1.96. The Morgan fingerprint density at radius 2 is 2.04 bits per heavy atom. The molecule has 4 rings (SSSR count). The molecule has 1 aliphatic heterocycles. The molecule has 0 unspecified atom stereocenters. The number of carbonyl (C=O) groups is 1. The molecule has 140 valence electrons. The summed E-state index contributed by atoms with van der Waals surface area (Å²) in [5, 5.41) is 10.0. The first kappa shape index (κ1) is 17.5. The van der Waals surface area contributed by atoms with Gasteiger partial charge in [0.1, 0.15) is 12.4 Å². The number of aromatic nitrogens is 2. The van der Waals surface area contributed by atoms with E-state index in [1.807, 2.05) is 24.3 Å². The number of rotatable bonds is 4. The number of aliphatic hydroxyl groups excluding tert-OH is 1. The van der Waals surface area contributed by atoms with E-state index < -0.39 is 6.10 Å². The molecule has 1 aliphatic carbocycles. The van der Waals surface area contributed by atoms with E-state index in [1.165, 1.54) is 19.3 Å². The van der Waals surface area contributed by atoms with Crippen LogP contribution in [0.1, 0.15) is 43.8 Å². The van der Waals surface area contributed by atoms with Gasteiger partial charge in [-0.25, -0.2) is 4.98 Å². The molecular weight excluding hydrogens is 330 g/mol. The van der Waals surface area contributed by atoms with Crippen LogP contribution < -0.4 is 0 Å². The summed E-state index contributed by atoms with van der Waals surface area (Å²) in [4.78, 5) is 19.4. The molecule has 1 saturated heterocycles. The second-order valence-electron chi connectivity index (χ2n) is 7.56. The summed E-state index contributed by atoms with van der Waals surface area (Å²) in [5.74, 6) is 1.45. The summed E-state index contributed by atoms with van der Waals surface area (Å²) >= 11 is 0. The molecule has 6 nitrogen and oxygen atoms in total. The third kappa shape index (κ3) is 3.23. The molecular formula is C20H27N3O3. The Morgan fingerprint density at radius 3 is 2.77 bits per heavy atom. The number of benzene rings is 1. The van der Waals surface area contributed by atoms with Crippen molar-refractivity contribution in [2.24, 2.45) is 0 Å². The molecule has 1 aromatic heterocycles. The number of nitrogens with zero attached hydrogens (tertiary/aromatic N) is 3. The van der Waals surface area contributed by atoms with Gasteiger partial charge in [-0.15, -0.1) is 0 Å². The highest BCUT2D eigenvalue weighted by Gasteiger charge is 2.33. The average Bonchev–Trinajstić information content (AvgIpc) is 3.26. The van der Waals surface area contributed by atoms with E-state index in [9.17, 15) is 9.90 Å². The number of carbonyl (C=O) groups excluding carboxylic acids is 1. The maximum absolute atomic E-state index is 12.9. The van der Waals surface area contributed by atoms with E-state index in [0.29, 0.717) is 19.1 Å². The summed E-state index contributed by atoms with van der Waals surface area (Å²) in [7, 11) is 1.75. The maximum atomic E-state index is 12.9. The Hall–Kier alpha value is -1.92. The van der Waals surface area contributed by atoms with E-state index in [2.05, 4.69) is 4.57 Å². The molecule has 1 amide bonds. The first-order valence-electron chi connectivity index (χ1n) is 9.62. The summed E-state index contributed by atoms with van der Waals surface area (Å²) in [6.45, 7) is 0.944. The van der Waals surface area contributed by atoms with Gasteiger partial charge in [0.15, 0.2) is 0 Å². The number of ether oxygens (including phenoxy) is 1. The Kier molecular flexibility index (Phi) is 4.96. The van der Waals surface area contributed by atoms with Crippen molar-refractivity contribution in [2.75, 3.05) is 20.3 Å². The second kappa shape index (κ2) is 7.37. The Labute approximate surface area is 153 Å². The molecule has 0 bridgehead atoms. The molecule has 1 N–H and O–H groups in total. The lowest BCUT2D eigenvalue weighted by atomic mass is 9.88. The lowest BCUT2D eigenvalue weighted by molar-refractivity contribution is -0.134. The summed E-state index contributed by atoms with van der Waals surface area (Å²) in [6.07, 6.45) is 5.42. The number of hydrogen-bond acceptors (Lipinski definition) is 4. The number of imidazole rings is 1. The number of likely N-dealkylation sites (N-methyl/N-ethyl adjacent to an activating group) is 1. The number of hydrogen-bond donors (Lipinski definition) is 1. The van der Waals surface area contributed by atoms with Crippen molar-refractivity contribution >= 4 is 16.9 Å². The third-order valence-corrected chi connectivity index (χ3v) is 5.86. The molecule has 26 heavy (non-hydrogen) atoms. The van der Waals surface area contributed by atoms with Crippen molar-refractivity contribution in [3.8, 4) is 0 Å². The second-order valence-corrected chi connectivity index (χ2v) is 7.56. The predicted octanol–water partition coefficient (Wildman–Crippen LogP) is 2.30. The van der Waals surface area contributed by atoms with Crippen molar-refractivity contribution in [2.45, 2.75) is 56.7 Å². The highest BCUT2D eigenvalue weighted by Crippen LogP contribution is 2.34. The van der Waals surface area contributed by atoms with Crippen molar-refractivity contribution in [1.82, 2.24) is 14.5 Å². The zero-order valence-corrected chi connectivity index (χ0v) is 15.3. The van der Waals surface area contributed by atoms with Gasteiger partial charge in [0, 0.05) is 13.0 Å². The molecule has 0 spiro atoms.